The highest BCUT2D eigenvalue weighted by Crippen LogP contribution is 2.27. The van der Waals surface area contributed by atoms with Crippen molar-refractivity contribution in [2.45, 2.75) is 32.2 Å². The second-order valence-electron chi connectivity index (χ2n) is 5.20. The third-order valence-electron chi connectivity index (χ3n) is 3.65. The Morgan fingerprint density at radius 3 is 2.75 bits per heavy atom. The Balaban J connectivity index is 1.54. The van der Waals surface area contributed by atoms with Crippen molar-refractivity contribution in [1.29, 1.82) is 0 Å². The average molecular weight is 337 g/mol. The van der Waals surface area contributed by atoms with E-state index in [1.54, 1.807) is 0 Å². The second kappa shape index (κ2) is 6.01. The van der Waals surface area contributed by atoms with Gasteiger partial charge >= 0.3 is 0 Å². The van der Waals surface area contributed by atoms with Crippen LogP contribution in [0.5, 0.6) is 0 Å². The van der Waals surface area contributed by atoms with Crippen LogP contribution in [0.25, 0.3) is 0 Å². The van der Waals surface area contributed by atoms with Crippen molar-refractivity contribution in [3.8, 4) is 0 Å². The summed E-state index contributed by atoms with van der Waals surface area (Å²) in [6, 6.07) is 4.10. The van der Waals surface area contributed by atoms with Gasteiger partial charge in [-0.05, 0) is 60.9 Å². The molecule has 0 N–H and O–H groups in total. The number of hydrogen-bond acceptors (Lipinski definition) is 5. The first kappa shape index (κ1) is 13.7. The molecule has 1 aliphatic heterocycles. The minimum atomic E-state index is 0.408. The van der Waals surface area contributed by atoms with Crippen molar-refractivity contribution in [2.24, 2.45) is 0 Å². The average Bonchev–Trinajstić information content (AvgIpc) is 2.89. The summed E-state index contributed by atoms with van der Waals surface area (Å²) < 4.78 is 6.29. The maximum absolute atomic E-state index is 5.27. The molecule has 0 unspecified atom stereocenters. The zero-order valence-corrected chi connectivity index (χ0v) is 13.0. The summed E-state index contributed by atoms with van der Waals surface area (Å²) in [5, 5.41) is 3.87. The molecular formula is C14H17BrN4O. The fourth-order valence-electron chi connectivity index (χ4n) is 2.55. The SMILES string of the molecule is Cc1noc(C2CCN(Cc3ccc(Br)cn3)CC2)n1. The zero-order valence-electron chi connectivity index (χ0n) is 11.4. The number of piperidine rings is 1. The van der Waals surface area contributed by atoms with E-state index < -0.39 is 0 Å². The monoisotopic (exact) mass is 336 g/mol. The quantitative estimate of drug-likeness (QED) is 0.862. The Hall–Kier alpha value is -1.27. The molecule has 0 atom stereocenters. The minimum absolute atomic E-state index is 0.408. The van der Waals surface area contributed by atoms with Gasteiger partial charge in [0.05, 0.1) is 5.69 Å². The molecule has 0 saturated carbocycles. The summed E-state index contributed by atoms with van der Waals surface area (Å²) in [6.07, 6.45) is 3.99. The molecule has 2 aromatic heterocycles. The largest absolute Gasteiger partial charge is 0.339 e. The van der Waals surface area contributed by atoms with E-state index in [-0.39, 0.29) is 0 Å². The van der Waals surface area contributed by atoms with Crippen LogP contribution in [0.2, 0.25) is 0 Å². The number of aromatic nitrogens is 3. The zero-order chi connectivity index (χ0) is 13.9. The summed E-state index contributed by atoms with van der Waals surface area (Å²) in [7, 11) is 0. The molecule has 0 aromatic carbocycles. The fourth-order valence-corrected chi connectivity index (χ4v) is 2.78. The van der Waals surface area contributed by atoms with Crippen LogP contribution in [0.1, 0.15) is 36.2 Å². The topological polar surface area (TPSA) is 55.1 Å². The van der Waals surface area contributed by atoms with E-state index in [0.29, 0.717) is 5.92 Å². The highest BCUT2D eigenvalue weighted by atomic mass is 79.9. The Morgan fingerprint density at radius 1 is 1.35 bits per heavy atom. The number of aryl methyl sites for hydroxylation is 1. The van der Waals surface area contributed by atoms with Crippen LogP contribution < -0.4 is 0 Å². The van der Waals surface area contributed by atoms with Gasteiger partial charge in [0, 0.05) is 23.1 Å². The van der Waals surface area contributed by atoms with E-state index in [4.69, 9.17) is 4.52 Å². The van der Waals surface area contributed by atoms with Gasteiger partial charge in [-0.15, -0.1) is 0 Å². The van der Waals surface area contributed by atoms with Gasteiger partial charge in [0.25, 0.3) is 0 Å². The van der Waals surface area contributed by atoms with Gasteiger partial charge in [0.1, 0.15) is 0 Å². The molecule has 0 spiro atoms. The standard InChI is InChI=1S/C14H17BrN4O/c1-10-17-14(20-18-10)11-4-6-19(7-5-11)9-13-3-2-12(15)8-16-13/h2-3,8,11H,4-7,9H2,1H3. The van der Waals surface area contributed by atoms with Crippen LogP contribution in [0.15, 0.2) is 27.3 Å². The highest BCUT2D eigenvalue weighted by Gasteiger charge is 2.24. The van der Waals surface area contributed by atoms with E-state index in [0.717, 1.165) is 54.4 Å². The molecule has 0 aliphatic carbocycles. The van der Waals surface area contributed by atoms with Gasteiger partial charge < -0.3 is 4.52 Å². The summed E-state index contributed by atoms with van der Waals surface area (Å²) in [4.78, 5) is 11.2. The number of nitrogens with zero attached hydrogens (tertiary/aromatic N) is 4. The van der Waals surface area contributed by atoms with Gasteiger partial charge in [0.15, 0.2) is 5.82 Å². The number of hydrogen-bond donors (Lipinski definition) is 0. The van der Waals surface area contributed by atoms with Crippen LogP contribution in [0.4, 0.5) is 0 Å². The molecule has 3 rings (SSSR count). The van der Waals surface area contributed by atoms with Gasteiger partial charge in [0.2, 0.25) is 5.89 Å². The van der Waals surface area contributed by atoms with Crippen LogP contribution in [-0.4, -0.2) is 33.1 Å². The molecule has 2 aromatic rings. The Kier molecular flexibility index (Phi) is 4.12. The molecule has 0 amide bonds. The Morgan fingerprint density at radius 2 is 2.15 bits per heavy atom. The summed E-state index contributed by atoms with van der Waals surface area (Å²) in [5.74, 6) is 1.93. The van der Waals surface area contributed by atoms with Crippen LogP contribution >= 0.6 is 15.9 Å². The molecule has 0 bridgehead atoms. The fraction of sp³-hybridized carbons (Fsp3) is 0.500. The van der Waals surface area contributed by atoms with Gasteiger partial charge in [-0.1, -0.05) is 5.16 Å². The highest BCUT2D eigenvalue weighted by molar-refractivity contribution is 9.10. The number of halogens is 1. The first-order valence-electron chi connectivity index (χ1n) is 6.84. The van der Waals surface area contributed by atoms with Crippen LogP contribution in [0, 0.1) is 6.92 Å². The lowest BCUT2D eigenvalue weighted by atomic mass is 9.96. The maximum atomic E-state index is 5.27. The molecule has 106 valence electrons. The lowest BCUT2D eigenvalue weighted by molar-refractivity contribution is 0.186. The van der Waals surface area contributed by atoms with E-state index >= 15 is 0 Å². The third-order valence-corrected chi connectivity index (χ3v) is 4.12. The molecule has 20 heavy (non-hydrogen) atoms. The molecule has 5 nitrogen and oxygen atoms in total. The van der Waals surface area contributed by atoms with Crippen LogP contribution in [-0.2, 0) is 6.54 Å². The molecule has 3 heterocycles. The molecule has 1 saturated heterocycles. The van der Waals surface area contributed by atoms with E-state index in [1.165, 1.54) is 0 Å². The number of pyridine rings is 1. The van der Waals surface area contributed by atoms with Crippen molar-refractivity contribution < 1.29 is 4.52 Å². The summed E-state index contributed by atoms with van der Waals surface area (Å²) in [5.41, 5.74) is 1.11. The van der Waals surface area contributed by atoms with Crippen molar-refractivity contribution in [2.75, 3.05) is 13.1 Å². The lowest BCUT2D eigenvalue weighted by Gasteiger charge is -2.29. The maximum Gasteiger partial charge on any atom is 0.229 e. The van der Waals surface area contributed by atoms with Gasteiger partial charge in [-0.3, -0.25) is 9.88 Å². The molecule has 1 aliphatic rings. The van der Waals surface area contributed by atoms with Crippen molar-refractivity contribution in [3.05, 3.63) is 40.2 Å². The van der Waals surface area contributed by atoms with Crippen molar-refractivity contribution >= 4 is 15.9 Å². The second-order valence-corrected chi connectivity index (χ2v) is 6.11. The van der Waals surface area contributed by atoms with E-state index in [2.05, 4.69) is 42.0 Å². The molecular weight excluding hydrogens is 320 g/mol. The van der Waals surface area contributed by atoms with E-state index in [1.807, 2.05) is 19.2 Å². The van der Waals surface area contributed by atoms with E-state index in [9.17, 15) is 0 Å². The summed E-state index contributed by atoms with van der Waals surface area (Å²) >= 11 is 3.41. The smallest absolute Gasteiger partial charge is 0.229 e. The lowest BCUT2D eigenvalue weighted by Crippen LogP contribution is -2.32. The van der Waals surface area contributed by atoms with Crippen molar-refractivity contribution in [3.63, 3.8) is 0 Å². The van der Waals surface area contributed by atoms with Gasteiger partial charge in [-0.2, -0.15) is 4.98 Å². The number of rotatable bonds is 3. The Labute approximate surface area is 126 Å². The van der Waals surface area contributed by atoms with Gasteiger partial charge in [-0.25, -0.2) is 0 Å². The molecule has 6 heteroatoms. The normalized spacial score (nSPS) is 17.5. The number of likely N-dealkylation sites (tertiary alicyclic amines) is 1. The molecule has 1 fully saturated rings. The third kappa shape index (κ3) is 3.24. The Bertz CT molecular complexity index is 561. The molecule has 0 radical (unpaired) electrons. The predicted octanol–water partition coefficient (Wildman–Crippen LogP) is 2.92. The first-order chi connectivity index (χ1) is 9.70. The predicted molar refractivity (Wildman–Crippen MR) is 78.2 cm³/mol. The van der Waals surface area contributed by atoms with Crippen molar-refractivity contribution in [1.82, 2.24) is 20.0 Å². The summed E-state index contributed by atoms with van der Waals surface area (Å²) in [6.45, 7) is 4.86. The van der Waals surface area contributed by atoms with Crippen LogP contribution in [0.3, 0.4) is 0 Å². The first-order valence-corrected chi connectivity index (χ1v) is 7.63. The minimum Gasteiger partial charge on any atom is -0.339 e.